The number of halogens is 1. The molecule has 1 aliphatic heterocycles. The second-order valence-corrected chi connectivity index (χ2v) is 5.95. The SMILES string of the molecule is Cc1nnc(CN2C[C@H](C)Oc3cc(C)c(Br)cc32)o1. The molecule has 6 heteroatoms. The number of nitrogens with zero attached hydrogens (tertiary/aromatic N) is 3. The number of aromatic nitrogens is 2. The van der Waals surface area contributed by atoms with Crippen LogP contribution in [0, 0.1) is 13.8 Å². The predicted octanol–water partition coefficient (Wildman–Crippen LogP) is 3.24. The third-order valence-corrected chi connectivity index (χ3v) is 4.13. The Labute approximate surface area is 126 Å². The van der Waals surface area contributed by atoms with E-state index in [2.05, 4.69) is 57.0 Å². The first-order chi connectivity index (χ1) is 9.52. The van der Waals surface area contributed by atoms with Gasteiger partial charge in [-0.2, -0.15) is 0 Å². The summed E-state index contributed by atoms with van der Waals surface area (Å²) in [4.78, 5) is 2.21. The van der Waals surface area contributed by atoms with Crippen LogP contribution in [0.25, 0.3) is 0 Å². The molecule has 2 aromatic rings. The first-order valence-electron chi connectivity index (χ1n) is 6.53. The summed E-state index contributed by atoms with van der Waals surface area (Å²) in [7, 11) is 0. The molecule has 1 aliphatic rings. The molecule has 3 rings (SSSR count). The highest BCUT2D eigenvalue weighted by Gasteiger charge is 2.25. The van der Waals surface area contributed by atoms with E-state index < -0.39 is 0 Å². The molecule has 0 bridgehead atoms. The second kappa shape index (κ2) is 5.09. The van der Waals surface area contributed by atoms with Gasteiger partial charge in [0.05, 0.1) is 18.8 Å². The number of rotatable bonds is 2. The van der Waals surface area contributed by atoms with Gasteiger partial charge in [-0.3, -0.25) is 0 Å². The number of ether oxygens (including phenoxy) is 1. The van der Waals surface area contributed by atoms with E-state index in [1.165, 1.54) is 0 Å². The smallest absolute Gasteiger partial charge is 0.235 e. The summed E-state index contributed by atoms with van der Waals surface area (Å²) < 4.78 is 12.5. The van der Waals surface area contributed by atoms with Crippen molar-refractivity contribution in [1.29, 1.82) is 0 Å². The minimum Gasteiger partial charge on any atom is -0.487 e. The molecular weight excluding hydrogens is 322 g/mol. The van der Waals surface area contributed by atoms with E-state index in [1.54, 1.807) is 6.92 Å². The van der Waals surface area contributed by atoms with Gasteiger partial charge in [0.2, 0.25) is 11.8 Å². The Hall–Kier alpha value is -1.56. The van der Waals surface area contributed by atoms with Crippen molar-refractivity contribution in [3.8, 4) is 5.75 Å². The highest BCUT2D eigenvalue weighted by atomic mass is 79.9. The average Bonchev–Trinajstić information content (AvgIpc) is 2.77. The molecule has 0 saturated carbocycles. The molecule has 1 aromatic carbocycles. The van der Waals surface area contributed by atoms with Crippen molar-refractivity contribution >= 4 is 21.6 Å². The van der Waals surface area contributed by atoms with Crippen LogP contribution >= 0.6 is 15.9 Å². The van der Waals surface area contributed by atoms with Crippen LogP contribution in [0.4, 0.5) is 5.69 Å². The number of anilines is 1. The van der Waals surface area contributed by atoms with Gasteiger partial charge in [-0.05, 0) is 31.5 Å². The molecule has 1 aromatic heterocycles. The summed E-state index contributed by atoms with van der Waals surface area (Å²) in [6.45, 7) is 7.30. The summed E-state index contributed by atoms with van der Waals surface area (Å²) in [5, 5.41) is 7.94. The van der Waals surface area contributed by atoms with Crippen LogP contribution in [0.3, 0.4) is 0 Å². The van der Waals surface area contributed by atoms with Crippen LogP contribution < -0.4 is 9.64 Å². The lowest BCUT2D eigenvalue weighted by atomic mass is 10.1. The molecule has 0 N–H and O–H groups in total. The third-order valence-electron chi connectivity index (χ3n) is 3.28. The zero-order valence-corrected chi connectivity index (χ0v) is 13.3. The lowest BCUT2D eigenvalue weighted by Crippen LogP contribution is -2.38. The lowest BCUT2D eigenvalue weighted by Gasteiger charge is -2.34. The van der Waals surface area contributed by atoms with Gasteiger partial charge in [0.15, 0.2) is 0 Å². The molecule has 1 atom stereocenters. The molecule has 0 saturated heterocycles. The van der Waals surface area contributed by atoms with Gasteiger partial charge in [0.1, 0.15) is 11.9 Å². The topological polar surface area (TPSA) is 51.4 Å². The number of hydrogen-bond donors (Lipinski definition) is 0. The zero-order valence-electron chi connectivity index (χ0n) is 11.7. The van der Waals surface area contributed by atoms with Crippen LogP contribution in [-0.4, -0.2) is 22.8 Å². The maximum Gasteiger partial charge on any atom is 0.235 e. The first-order valence-corrected chi connectivity index (χ1v) is 7.33. The van der Waals surface area contributed by atoms with E-state index in [9.17, 15) is 0 Å². The highest BCUT2D eigenvalue weighted by Crippen LogP contribution is 2.38. The van der Waals surface area contributed by atoms with E-state index in [0.29, 0.717) is 18.3 Å². The van der Waals surface area contributed by atoms with E-state index in [1.807, 2.05) is 0 Å². The Morgan fingerprint density at radius 3 is 2.85 bits per heavy atom. The predicted molar refractivity (Wildman–Crippen MR) is 79.1 cm³/mol. The van der Waals surface area contributed by atoms with E-state index in [4.69, 9.17) is 9.15 Å². The van der Waals surface area contributed by atoms with Gasteiger partial charge >= 0.3 is 0 Å². The fourth-order valence-corrected chi connectivity index (χ4v) is 2.69. The standard InChI is InChI=1S/C14H16BrN3O2/c1-8-4-13-12(5-11(8)15)18(6-9(2)19-13)7-14-17-16-10(3)20-14/h4-5,9H,6-7H2,1-3H3/t9-/m0/s1. The summed E-state index contributed by atoms with van der Waals surface area (Å²) >= 11 is 3.57. The Kier molecular flexibility index (Phi) is 3.41. The van der Waals surface area contributed by atoms with Gasteiger partial charge in [0.25, 0.3) is 0 Å². The Morgan fingerprint density at radius 2 is 2.15 bits per heavy atom. The van der Waals surface area contributed by atoms with E-state index >= 15 is 0 Å². The molecule has 0 fully saturated rings. The molecule has 0 unspecified atom stereocenters. The highest BCUT2D eigenvalue weighted by molar-refractivity contribution is 9.10. The summed E-state index contributed by atoms with van der Waals surface area (Å²) in [6, 6.07) is 4.14. The van der Waals surface area contributed by atoms with Gasteiger partial charge in [-0.15, -0.1) is 10.2 Å². The number of fused-ring (bicyclic) bond motifs is 1. The average molecular weight is 338 g/mol. The normalized spacial score (nSPS) is 17.8. The third kappa shape index (κ3) is 2.52. The Bertz CT molecular complexity index is 641. The molecule has 0 aliphatic carbocycles. The first kappa shape index (κ1) is 13.4. The van der Waals surface area contributed by atoms with E-state index in [0.717, 1.165) is 28.0 Å². The maximum atomic E-state index is 5.91. The minimum atomic E-state index is 0.132. The van der Waals surface area contributed by atoms with Crippen LogP contribution in [0.5, 0.6) is 5.75 Å². The van der Waals surface area contributed by atoms with Gasteiger partial charge in [-0.25, -0.2) is 0 Å². The fourth-order valence-electron chi connectivity index (χ4n) is 2.36. The van der Waals surface area contributed by atoms with Crippen molar-refractivity contribution in [3.63, 3.8) is 0 Å². The molecule has 0 spiro atoms. The van der Waals surface area contributed by atoms with Crippen molar-refractivity contribution in [2.45, 2.75) is 33.4 Å². The fraction of sp³-hybridized carbons (Fsp3) is 0.429. The zero-order chi connectivity index (χ0) is 14.3. The van der Waals surface area contributed by atoms with Crippen molar-refractivity contribution in [1.82, 2.24) is 10.2 Å². The van der Waals surface area contributed by atoms with Crippen molar-refractivity contribution < 1.29 is 9.15 Å². The number of benzene rings is 1. The van der Waals surface area contributed by atoms with Gasteiger partial charge in [-0.1, -0.05) is 15.9 Å². The molecule has 5 nitrogen and oxygen atoms in total. The van der Waals surface area contributed by atoms with Crippen molar-refractivity contribution in [2.24, 2.45) is 0 Å². The van der Waals surface area contributed by atoms with Gasteiger partial charge < -0.3 is 14.1 Å². The maximum absolute atomic E-state index is 5.91. The van der Waals surface area contributed by atoms with Crippen LogP contribution in [0.1, 0.15) is 24.3 Å². The quantitative estimate of drug-likeness (QED) is 0.841. The van der Waals surface area contributed by atoms with Crippen LogP contribution in [0.2, 0.25) is 0 Å². The van der Waals surface area contributed by atoms with Gasteiger partial charge in [0, 0.05) is 11.4 Å². The molecule has 2 heterocycles. The largest absolute Gasteiger partial charge is 0.487 e. The van der Waals surface area contributed by atoms with Crippen molar-refractivity contribution in [3.05, 3.63) is 34.0 Å². The minimum absolute atomic E-state index is 0.132. The second-order valence-electron chi connectivity index (χ2n) is 5.09. The van der Waals surface area contributed by atoms with Crippen LogP contribution in [0.15, 0.2) is 21.0 Å². The number of aryl methyl sites for hydroxylation is 2. The lowest BCUT2D eigenvalue weighted by molar-refractivity contribution is 0.210. The molecule has 106 valence electrons. The summed E-state index contributed by atoms with van der Waals surface area (Å²) in [5.41, 5.74) is 2.21. The summed E-state index contributed by atoms with van der Waals surface area (Å²) in [5.74, 6) is 2.12. The Balaban J connectivity index is 1.94. The van der Waals surface area contributed by atoms with E-state index in [-0.39, 0.29) is 6.10 Å². The van der Waals surface area contributed by atoms with Crippen molar-refractivity contribution in [2.75, 3.05) is 11.4 Å². The molecule has 0 amide bonds. The molecule has 0 radical (unpaired) electrons. The van der Waals surface area contributed by atoms with Crippen LogP contribution in [-0.2, 0) is 6.54 Å². The molecular formula is C14H16BrN3O2. The Morgan fingerprint density at radius 1 is 1.35 bits per heavy atom. The molecule has 20 heavy (non-hydrogen) atoms. The monoisotopic (exact) mass is 337 g/mol. The number of hydrogen-bond acceptors (Lipinski definition) is 5. The summed E-state index contributed by atoms with van der Waals surface area (Å²) in [6.07, 6.45) is 0.132.